The Hall–Kier alpha value is -2.22. The molecule has 5 rings (SSSR count). The van der Waals surface area contributed by atoms with E-state index in [1.165, 1.54) is 5.38 Å². The van der Waals surface area contributed by atoms with Crippen molar-refractivity contribution in [2.24, 2.45) is 27.6 Å². The first-order chi connectivity index (χ1) is 16.7. The highest BCUT2D eigenvalue weighted by atomic mass is 32.2. The molecule has 2 bridgehead atoms. The number of nitrogens with zero attached hydrogens (tertiary/aromatic N) is 2. The molecule has 13 heteroatoms. The van der Waals surface area contributed by atoms with Gasteiger partial charge in [-0.05, 0) is 35.5 Å². The largest absolute Gasteiger partial charge is 0.511 e. The molecule has 0 radical (unpaired) electrons. The third kappa shape index (κ3) is 4.39. The fourth-order valence-electron chi connectivity index (χ4n) is 5.56. The second-order valence-corrected chi connectivity index (χ2v) is 15.3. The number of aliphatic hydroxyl groups excluding tert-OH is 1. The van der Waals surface area contributed by atoms with Crippen LogP contribution in [-0.4, -0.2) is 57.4 Å². The number of hydrogen-bond donors (Lipinski definition) is 3. The van der Waals surface area contributed by atoms with Gasteiger partial charge in [0.1, 0.15) is 21.2 Å². The summed E-state index contributed by atoms with van der Waals surface area (Å²) in [6, 6.07) is -0.162. The normalized spacial score (nSPS) is 28.7. The zero-order chi connectivity index (χ0) is 26.2. The number of aliphatic hydroxyl groups is 1. The molecule has 1 fully saturated rings. The Morgan fingerprint density at radius 1 is 1.28 bits per heavy atom. The van der Waals surface area contributed by atoms with E-state index in [1.807, 2.05) is 0 Å². The SMILES string of the molecule is CC(C)(C)CCN1C(=O)C(C2=NS(=O)(=O)c3c(CNS(C)(=O)=O)csc3N2)=C(O)C2C3C=CC(C3)C21. The molecule has 10 nitrogen and oxygen atoms in total. The molecule has 3 N–H and O–H groups in total. The van der Waals surface area contributed by atoms with Gasteiger partial charge in [0.15, 0.2) is 5.84 Å². The van der Waals surface area contributed by atoms with Gasteiger partial charge in [0.25, 0.3) is 15.9 Å². The van der Waals surface area contributed by atoms with E-state index in [0.717, 1.165) is 30.4 Å². The Labute approximate surface area is 215 Å². The lowest BCUT2D eigenvalue weighted by atomic mass is 9.80. The maximum Gasteiger partial charge on any atom is 0.287 e. The van der Waals surface area contributed by atoms with Crippen molar-refractivity contribution in [3.8, 4) is 0 Å². The van der Waals surface area contributed by atoms with E-state index < -0.39 is 26.0 Å². The van der Waals surface area contributed by atoms with Crippen molar-refractivity contribution < 1.29 is 26.7 Å². The van der Waals surface area contributed by atoms with Gasteiger partial charge in [-0.1, -0.05) is 32.9 Å². The molecule has 0 aromatic carbocycles. The number of thiophene rings is 1. The van der Waals surface area contributed by atoms with Crippen molar-refractivity contribution >= 4 is 48.1 Å². The van der Waals surface area contributed by atoms with E-state index in [0.29, 0.717) is 6.54 Å². The topological polar surface area (TPSA) is 145 Å². The highest BCUT2D eigenvalue weighted by molar-refractivity contribution is 7.91. The Morgan fingerprint density at radius 2 is 1.97 bits per heavy atom. The number of hydrogen-bond acceptors (Lipinski definition) is 8. The fourth-order valence-corrected chi connectivity index (χ4v) is 8.58. The first-order valence-electron chi connectivity index (χ1n) is 11.8. The minimum absolute atomic E-state index is 0.0151. The smallest absolute Gasteiger partial charge is 0.287 e. The predicted molar refractivity (Wildman–Crippen MR) is 138 cm³/mol. The summed E-state index contributed by atoms with van der Waals surface area (Å²) in [5, 5.41) is 16.1. The molecular formula is C23H30N4O6S3. The third-order valence-corrected chi connectivity index (χ3v) is 10.4. The summed E-state index contributed by atoms with van der Waals surface area (Å²) in [7, 11) is -7.79. The number of amides is 1. The molecule has 1 aromatic heterocycles. The van der Waals surface area contributed by atoms with Crippen LogP contribution in [0.2, 0.25) is 0 Å². The Morgan fingerprint density at radius 3 is 2.64 bits per heavy atom. The lowest BCUT2D eigenvalue weighted by Gasteiger charge is -2.43. The molecule has 3 heterocycles. The van der Waals surface area contributed by atoms with Crippen LogP contribution >= 0.6 is 11.3 Å². The van der Waals surface area contributed by atoms with E-state index in [9.17, 15) is 26.7 Å². The molecule has 4 atom stereocenters. The lowest BCUT2D eigenvalue weighted by Crippen LogP contribution is -2.54. The fraction of sp³-hybridized carbons (Fsp3) is 0.565. The molecule has 0 spiro atoms. The number of allylic oxidation sites excluding steroid dienone is 1. The van der Waals surface area contributed by atoms with Crippen molar-refractivity contribution in [1.82, 2.24) is 9.62 Å². The molecule has 1 aromatic rings. The zero-order valence-corrected chi connectivity index (χ0v) is 22.9. The van der Waals surface area contributed by atoms with Crippen LogP contribution in [0.5, 0.6) is 0 Å². The van der Waals surface area contributed by atoms with Gasteiger partial charge in [0, 0.05) is 30.6 Å². The highest BCUT2D eigenvalue weighted by Gasteiger charge is 2.55. The van der Waals surface area contributed by atoms with Gasteiger partial charge in [0.05, 0.1) is 6.26 Å². The van der Waals surface area contributed by atoms with Crippen LogP contribution in [0.3, 0.4) is 0 Å². The summed E-state index contributed by atoms with van der Waals surface area (Å²) in [5.41, 5.74) is 0.136. The molecule has 2 aliphatic heterocycles. The average molecular weight is 555 g/mol. The molecule has 36 heavy (non-hydrogen) atoms. The van der Waals surface area contributed by atoms with E-state index >= 15 is 0 Å². The number of carbonyl (C=O) groups excluding carboxylic acids is 1. The molecule has 0 saturated heterocycles. The van der Waals surface area contributed by atoms with Gasteiger partial charge in [-0.3, -0.25) is 4.79 Å². The van der Waals surface area contributed by atoms with Gasteiger partial charge >= 0.3 is 0 Å². The summed E-state index contributed by atoms with van der Waals surface area (Å²) in [6.45, 7) is 6.58. The van der Waals surface area contributed by atoms with Crippen LogP contribution in [0.15, 0.2) is 38.2 Å². The van der Waals surface area contributed by atoms with Crippen LogP contribution in [-0.2, 0) is 31.4 Å². The van der Waals surface area contributed by atoms with Crippen LogP contribution in [0.25, 0.3) is 0 Å². The minimum Gasteiger partial charge on any atom is -0.511 e. The second-order valence-electron chi connectivity index (χ2n) is 11.1. The molecule has 4 aliphatic rings. The second kappa shape index (κ2) is 8.40. The first kappa shape index (κ1) is 25.4. The number of anilines is 1. The van der Waals surface area contributed by atoms with E-state index in [-0.39, 0.29) is 68.4 Å². The number of carbonyl (C=O) groups is 1. The number of fused-ring (bicyclic) bond motifs is 6. The monoisotopic (exact) mass is 554 g/mol. The third-order valence-electron chi connectivity index (χ3n) is 7.21. The Bertz CT molecular complexity index is 1430. The summed E-state index contributed by atoms with van der Waals surface area (Å²) in [5.74, 6) is -0.813. The van der Waals surface area contributed by atoms with E-state index in [1.54, 1.807) is 4.90 Å². The standard InChI is InChI=1S/C23H30N4O6S3/c1-23(2,3)7-8-27-17-13-6-5-12(9-13)15(17)18(28)16(22(27)29)20-25-21-19(36(32,33)26-20)14(11-34-21)10-24-35(4,30)31/h5-6,11-13,15,17,24,28H,7-10H2,1-4H3,(H,25,26). The van der Waals surface area contributed by atoms with E-state index in [4.69, 9.17) is 0 Å². The highest BCUT2D eigenvalue weighted by Crippen LogP contribution is 2.52. The maximum atomic E-state index is 13.8. The van der Waals surface area contributed by atoms with Crippen molar-refractivity contribution in [2.75, 3.05) is 18.1 Å². The summed E-state index contributed by atoms with van der Waals surface area (Å²) >= 11 is 1.07. The Balaban J connectivity index is 1.53. The zero-order valence-electron chi connectivity index (χ0n) is 20.5. The van der Waals surface area contributed by atoms with Crippen LogP contribution < -0.4 is 10.0 Å². The number of sulfonamides is 2. The van der Waals surface area contributed by atoms with Crippen molar-refractivity contribution in [2.45, 2.75) is 51.1 Å². The van der Waals surface area contributed by atoms with Gasteiger partial charge in [0.2, 0.25) is 10.0 Å². The molecule has 2 aliphatic carbocycles. The van der Waals surface area contributed by atoms with Crippen molar-refractivity contribution in [3.63, 3.8) is 0 Å². The quantitative estimate of drug-likeness (QED) is 0.458. The van der Waals surface area contributed by atoms with Gasteiger partial charge < -0.3 is 15.3 Å². The molecule has 1 saturated carbocycles. The van der Waals surface area contributed by atoms with E-state index in [2.05, 4.69) is 47.4 Å². The summed E-state index contributed by atoms with van der Waals surface area (Å²) in [6.07, 6.45) is 6.77. The molecular weight excluding hydrogens is 524 g/mol. The number of amidine groups is 1. The van der Waals surface area contributed by atoms with Gasteiger partial charge in [-0.15, -0.1) is 15.7 Å². The molecule has 1 amide bonds. The van der Waals surface area contributed by atoms with Crippen LogP contribution in [0, 0.1) is 23.2 Å². The predicted octanol–water partition coefficient (Wildman–Crippen LogP) is 2.59. The average Bonchev–Trinajstić information content (AvgIpc) is 3.45. The van der Waals surface area contributed by atoms with Crippen molar-refractivity contribution in [1.29, 1.82) is 0 Å². The first-order valence-corrected chi connectivity index (χ1v) is 16.0. The lowest BCUT2D eigenvalue weighted by molar-refractivity contribution is -0.132. The summed E-state index contributed by atoms with van der Waals surface area (Å²) in [4.78, 5) is 15.5. The van der Waals surface area contributed by atoms with Crippen molar-refractivity contribution in [3.05, 3.63) is 34.4 Å². The van der Waals surface area contributed by atoms with Crippen LogP contribution in [0.4, 0.5) is 5.00 Å². The number of nitrogens with one attached hydrogen (secondary N) is 2. The van der Waals surface area contributed by atoms with Gasteiger partial charge in [-0.2, -0.15) is 8.42 Å². The molecule has 4 unspecified atom stereocenters. The minimum atomic E-state index is -4.26. The van der Waals surface area contributed by atoms with Crippen LogP contribution in [0.1, 0.15) is 39.2 Å². The number of rotatable bonds is 6. The summed E-state index contributed by atoms with van der Waals surface area (Å²) < 4.78 is 55.6. The van der Waals surface area contributed by atoms with Gasteiger partial charge in [-0.25, -0.2) is 13.1 Å². The maximum absolute atomic E-state index is 13.8. The molecule has 196 valence electrons. The Kier molecular flexibility index (Phi) is 5.93.